The highest BCUT2D eigenvalue weighted by molar-refractivity contribution is 5.58. The van der Waals surface area contributed by atoms with Crippen molar-refractivity contribution in [3.05, 3.63) is 41.9 Å². The number of aromatic nitrogens is 2. The SMILES string of the molecule is CCCC(C)(N)c1ncc(-c2ccc(C)cc2)[nH]1. The van der Waals surface area contributed by atoms with E-state index >= 15 is 0 Å². The number of H-pyrrole nitrogens is 1. The summed E-state index contributed by atoms with van der Waals surface area (Å²) < 4.78 is 0. The molecule has 0 radical (unpaired) electrons. The molecule has 18 heavy (non-hydrogen) atoms. The molecule has 0 aliphatic carbocycles. The summed E-state index contributed by atoms with van der Waals surface area (Å²) in [5.74, 6) is 0.861. The van der Waals surface area contributed by atoms with E-state index in [4.69, 9.17) is 5.73 Å². The molecule has 0 aliphatic rings. The van der Waals surface area contributed by atoms with E-state index in [0.717, 1.165) is 29.9 Å². The Morgan fingerprint density at radius 2 is 1.94 bits per heavy atom. The molecule has 96 valence electrons. The highest BCUT2D eigenvalue weighted by atomic mass is 15.0. The Balaban J connectivity index is 2.28. The van der Waals surface area contributed by atoms with Crippen LogP contribution in [0, 0.1) is 6.92 Å². The maximum Gasteiger partial charge on any atom is 0.126 e. The van der Waals surface area contributed by atoms with Crippen molar-refractivity contribution in [3.8, 4) is 11.3 Å². The summed E-state index contributed by atoms with van der Waals surface area (Å²) in [6.45, 7) is 6.24. The smallest absolute Gasteiger partial charge is 0.126 e. The van der Waals surface area contributed by atoms with Gasteiger partial charge in [-0.2, -0.15) is 0 Å². The standard InChI is InChI=1S/C15H21N3/c1-4-9-15(3,16)14-17-10-13(18-14)12-7-5-11(2)6-8-12/h5-8,10H,4,9,16H2,1-3H3,(H,17,18). The predicted molar refractivity (Wildman–Crippen MR) is 75.2 cm³/mol. The topological polar surface area (TPSA) is 54.7 Å². The molecule has 0 saturated carbocycles. The van der Waals surface area contributed by atoms with E-state index in [-0.39, 0.29) is 5.54 Å². The van der Waals surface area contributed by atoms with Gasteiger partial charge in [0, 0.05) is 0 Å². The highest BCUT2D eigenvalue weighted by Gasteiger charge is 2.23. The van der Waals surface area contributed by atoms with Crippen LogP contribution in [0.4, 0.5) is 0 Å². The average molecular weight is 243 g/mol. The van der Waals surface area contributed by atoms with E-state index in [1.165, 1.54) is 5.56 Å². The first-order valence-electron chi connectivity index (χ1n) is 6.44. The van der Waals surface area contributed by atoms with Gasteiger partial charge >= 0.3 is 0 Å². The Morgan fingerprint density at radius 1 is 1.28 bits per heavy atom. The third-order valence-corrected chi connectivity index (χ3v) is 3.25. The normalized spacial score (nSPS) is 14.4. The van der Waals surface area contributed by atoms with Gasteiger partial charge in [-0.25, -0.2) is 4.98 Å². The van der Waals surface area contributed by atoms with Gasteiger partial charge in [0.25, 0.3) is 0 Å². The van der Waals surface area contributed by atoms with Crippen LogP contribution in [-0.4, -0.2) is 9.97 Å². The van der Waals surface area contributed by atoms with Crippen molar-refractivity contribution < 1.29 is 0 Å². The van der Waals surface area contributed by atoms with E-state index in [2.05, 4.69) is 48.1 Å². The van der Waals surface area contributed by atoms with Crippen LogP contribution in [0.25, 0.3) is 11.3 Å². The largest absolute Gasteiger partial charge is 0.340 e. The minimum Gasteiger partial charge on any atom is -0.340 e. The summed E-state index contributed by atoms with van der Waals surface area (Å²) in [6, 6.07) is 8.40. The number of nitrogens with two attached hydrogens (primary N) is 1. The fourth-order valence-corrected chi connectivity index (χ4v) is 2.13. The lowest BCUT2D eigenvalue weighted by Crippen LogP contribution is -2.34. The molecule has 1 aromatic heterocycles. The van der Waals surface area contributed by atoms with Gasteiger partial charge in [-0.1, -0.05) is 43.2 Å². The van der Waals surface area contributed by atoms with Crippen LogP contribution in [0.5, 0.6) is 0 Å². The number of hydrogen-bond donors (Lipinski definition) is 2. The second-order valence-electron chi connectivity index (χ2n) is 5.18. The van der Waals surface area contributed by atoms with Crippen LogP contribution >= 0.6 is 0 Å². The molecule has 1 unspecified atom stereocenters. The van der Waals surface area contributed by atoms with Crippen LogP contribution in [0.15, 0.2) is 30.5 Å². The second kappa shape index (κ2) is 4.94. The van der Waals surface area contributed by atoms with Crippen molar-refractivity contribution in [2.45, 2.75) is 39.2 Å². The molecule has 1 heterocycles. The van der Waals surface area contributed by atoms with Gasteiger partial charge in [-0.3, -0.25) is 0 Å². The van der Waals surface area contributed by atoms with Gasteiger partial charge in [0.05, 0.1) is 17.4 Å². The highest BCUT2D eigenvalue weighted by Crippen LogP contribution is 2.24. The third-order valence-electron chi connectivity index (χ3n) is 3.25. The zero-order valence-electron chi connectivity index (χ0n) is 11.3. The van der Waals surface area contributed by atoms with Crippen LogP contribution in [-0.2, 0) is 5.54 Å². The number of benzene rings is 1. The number of imidazole rings is 1. The Hall–Kier alpha value is -1.61. The van der Waals surface area contributed by atoms with Crippen LogP contribution < -0.4 is 5.73 Å². The molecule has 0 spiro atoms. The average Bonchev–Trinajstić information content (AvgIpc) is 2.80. The summed E-state index contributed by atoms with van der Waals surface area (Å²) in [6.07, 6.45) is 3.84. The Morgan fingerprint density at radius 3 is 2.56 bits per heavy atom. The van der Waals surface area contributed by atoms with Crippen molar-refractivity contribution >= 4 is 0 Å². The summed E-state index contributed by atoms with van der Waals surface area (Å²) in [5.41, 5.74) is 9.32. The lowest BCUT2D eigenvalue weighted by atomic mass is 9.97. The van der Waals surface area contributed by atoms with Gasteiger partial charge in [0.1, 0.15) is 5.82 Å². The summed E-state index contributed by atoms with van der Waals surface area (Å²) in [7, 11) is 0. The first kappa shape index (κ1) is 12.8. The summed E-state index contributed by atoms with van der Waals surface area (Å²) in [4.78, 5) is 7.76. The van der Waals surface area contributed by atoms with Crippen molar-refractivity contribution in [1.82, 2.24) is 9.97 Å². The number of rotatable bonds is 4. The molecular weight excluding hydrogens is 222 g/mol. The molecule has 1 aromatic carbocycles. The van der Waals surface area contributed by atoms with E-state index in [1.54, 1.807) is 0 Å². The van der Waals surface area contributed by atoms with Gasteiger partial charge in [-0.05, 0) is 25.8 Å². The second-order valence-corrected chi connectivity index (χ2v) is 5.18. The van der Waals surface area contributed by atoms with Gasteiger partial charge in [-0.15, -0.1) is 0 Å². The number of aromatic amines is 1. The monoisotopic (exact) mass is 243 g/mol. The zero-order valence-corrected chi connectivity index (χ0v) is 11.3. The van der Waals surface area contributed by atoms with Crippen LogP contribution in [0.1, 0.15) is 38.1 Å². The molecule has 0 fully saturated rings. The quantitative estimate of drug-likeness (QED) is 0.865. The Kier molecular flexibility index (Phi) is 3.53. The maximum atomic E-state index is 6.27. The van der Waals surface area contributed by atoms with Crippen molar-refractivity contribution in [3.63, 3.8) is 0 Å². The van der Waals surface area contributed by atoms with Crippen molar-refractivity contribution in [1.29, 1.82) is 0 Å². The third kappa shape index (κ3) is 2.62. The van der Waals surface area contributed by atoms with Gasteiger partial charge in [0.15, 0.2) is 0 Å². The van der Waals surface area contributed by atoms with E-state index in [9.17, 15) is 0 Å². The fourth-order valence-electron chi connectivity index (χ4n) is 2.13. The molecule has 3 N–H and O–H groups in total. The minimum atomic E-state index is -0.377. The fraction of sp³-hybridized carbons (Fsp3) is 0.400. The molecular formula is C15H21N3. The molecule has 0 saturated heterocycles. The minimum absolute atomic E-state index is 0.377. The van der Waals surface area contributed by atoms with E-state index in [1.807, 2.05) is 13.1 Å². The molecule has 0 aliphatic heterocycles. The van der Waals surface area contributed by atoms with E-state index < -0.39 is 0 Å². The molecule has 2 aromatic rings. The number of nitrogens with one attached hydrogen (secondary N) is 1. The molecule has 3 nitrogen and oxygen atoms in total. The maximum absolute atomic E-state index is 6.27. The Bertz CT molecular complexity index is 509. The lowest BCUT2D eigenvalue weighted by Gasteiger charge is -2.21. The Labute approximate surface area is 108 Å². The first-order chi connectivity index (χ1) is 8.53. The van der Waals surface area contributed by atoms with Crippen LogP contribution in [0.3, 0.4) is 0 Å². The summed E-state index contributed by atoms with van der Waals surface area (Å²) in [5, 5.41) is 0. The van der Waals surface area contributed by atoms with Gasteiger partial charge in [0.2, 0.25) is 0 Å². The molecule has 0 bridgehead atoms. The predicted octanol–water partition coefficient (Wildman–Crippen LogP) is 3.36. The van der Waals surface area contributed by atoms with E-state index in [0.29, 0.717) is 0 Å². The molecule has 2 rings (SSSR count). The number of nitrogens with zero attached hydrogens (tertiary/aromatic N) is 1. The van der Waals surface area contributed by atoms with Gasteiger partial charge < -0.3 is 10.7 Å². The zero-order chi connectivity index (χ0) is 13.2. The number of hydrogen-bond acceptors (Lipinski definition) is 2. The molecule has 0 amide bonds. The molecule has 1 atom stereocenters. The lowest BCUT2D eigenvalue weighted by molar-refractivity contribution is 0.423. The molecule has 3 heteroatoms. The summed E-state index contributed by atoms with van der Waals surface area (Å²) >= 11 is 0. The van der Waals surface area contributed by atoms with Crippen LogP contribution in [0.2, 0.25) is 0 Å². The first-order valence-corrected chi connectivity index (χ1v) is 6.44. The van der Waals surface area contributed by atoms with Crippen molar-refractivity contribution in [2.24, 2.45) is 5.73 Å². The number of aryl methyl sites for hydroxylation is 1. The van der Waals surface area contributed by atoms with Crippen molar-refractivity contribution in [2.75, 3.05) is 0 Å².